The van der Waals surface area contributed by atoms with Gasteiger partial charge in [0.15, 0.2) is 0 Å². The van der Waals surface area contributed by atoms with Crippen molar-refractivity contribution >= 4 is 40.9 Å². The van der Waals surface area contributed by atoms with E-state index in [1.807, 2.05) is 31.2 Å². The zero-order valence-corrected chi connectivity index (χ0v) is 22.3. The van der Waals surface area contributed by atoms with Crippen LogP contribution in [-0.4, -0.2) is 51.8 Å². The van der Waals surface area contributed by atoms with Gasteiger partial charge in [0.05, 0.1) is 16.2 Å². The number of nitrogens with zero attached hydrogens (tertiary/aromatic N) is 3. The summed E-state index contributed by atoms with van der Waals surface area (Å²) < 4.78 is 0. The molecule has 1 aromatic heterocycles. The largest absolute Gasteiger partial charge is 0.478 e. The molecule has 0 saturated carbocycles. The molecule has 10 heteroatoms. The first-order valence-electron chi connectivity index (χ1n) is 12.8. The molecule has 2 saturated heterocycles. The number of thioether (sulfide) groups is 1. The highest BCUT2D eigenvalue weighted by atomic mass is 32.2. The van der Waals surface area contributed by atoms with Gasteiger partial charge in [0, 0.05) is 25.8 Å². The van der Waals surface area contributed by atoms with Crippen LogP contribution in [-0.2, 0) is 11.3 Å². The van der Waals surface area contributed by atoms with Gasteiger partial charge in [-0.15, -0.1) is 0 Å². The van der Waals surface area contributed by atoms with Crippen LogP contribution in [0.3, 0.4) is 0 Å². The van der Waals surface area contributed by atoms with Gasteiger partial charge in [-0.3, -0.25) is 14.9 Å². The van der Waals surface area contributed by atoms with Gasteiger partial charge in [-0.25, -0.2) is 14.8 Å². The number of carboxylic acid groups (broad SMARTS) is 1. The number of anilines is 1. The Kier molecular flexibility index (Phi) is 8.04. The number of aryl methyl sites for hydroxylation is 1. The fourth-order valence-corrected chi connectivity index (χ4v) is 5.51. The lowest BCUT2D eigenvalue weighted by molar-refractivity contribution is -0.115. The average molecular weight is 544 g/mol. The molecule has 2 aliphatic rings. The number of amides is 2. The molecule has 39 heavy (non-hydrogen) atoms. The predicted molar refractivity (Wildman–Crippen MR) is 151 cm³/mol. The first-order valence-corrected chi connectivity index (χ1v) is 13.6. The molecule has 0 atom stereocenters. The third-order valence-corrected chi connectivity index (χ3v) is 7.70. The Hall–Kier alpha value is -4.02. The van der Waals surface area contributed by atoms with E-state index in [0.717, 1.165) is 66.5 Å². The minimum absolute atomic E-state index is 0.307. The summed E-state index contributed by atoms with van der Waals surface area (Å²) >= 11 is 0.875. The summed E-state index contributed by atoms with van der Waals surface area (Å²) in [5.74, 6) is -0.176. The number of imide groups is 1. The van der Waals surface area contributed by atoms with Crippen molar-refractivity contribution in [3.8, 4) is 11.1 Å². The molecule has 3 aromatic rings. The van der Waals surface area contributed by atoms with Crippen molar-refractivity contribution in [2.24, 2.45) is 5.92 Å². The maximum atomic E-state index is 11.8. The first kappa shape index (κ1) is 26.6. The third-order valence-electron chi connectivity index (χ3n) is 6.89. The number of carbonyl (C=O) groups excluding carboxylic acids is 2. The highest BCUT2D eigenvalue weighted by Crippen LogP contribution is 2.27. The molecule has 3 heterocycles. The van der Waals surface area contributed by atoms with Crippen LogP contribution in [0.5, 0.6) is 0 Å². The standard InChI is InChI=1S/C29H29N5O4S/c1-18-5-6-23(27(36)37)24(13-18)21-4-2-3-20(14-21)17-30-16-19-8-11-34(12-9-19)28-31-10-7-22(32-28)15-25-26(35)33-29(38)39-25/h2-7,10,13-15,19,30H,8-9,11-12,16-17H2,1H3,(H,36,37)(H,33,35,38)/b25-15-. The number of aromatic carboxylic acids is 1. The van der Waals surface area contributed by atoms with E-state index in [9.17, 15) is 19.5 Å². The maximum absolute atomic E-state index is 11.8. The van der Waals surface area contributed by atoms with Crippen molar-refractivity contribution in [1.29, 1.82) is 0 Å². The minimum atomic E-state index is -0.925. The van der Waals surface area contributed by atoms with Crippen LogP contribution in [0.25, 0.3) is 17.2 Å². The minimum Gasteiger partial charge on any atom is -0.478 e. The monoisotopic (exact) mass is 543 g/mol. The van der Waals surface area contributed by atoms with Crippen molar-refractivity contribution in [2.75, 3.05) is 24.5 Å². The van der Waals surface area contributed by atoms with Crippen molar-refractivity contribution in [3.05, 3.63) is 82.0 Å². The lowest BCUT2D eigenvalue weighted by Crippen LogP contribution is -2.38. The van der Waals surface area contributed by atoms with E-state index in [4.69, 9.17) is 0 Å². The topological polar surface area (TPSA) is 125 Å². The van der Waals surface area contributed by atoms with Crippen LogP contribution in [0.1, 0.15) is 40.0 Å². The molecule has 2 aromatic carbocycles. The van der Waals surface area contributed by atoms with Gasteiger partial charge in [0.2, 0.25) is 5.95 Å². The molecule has 0 aliphatic carbocycles. The Labute approximate surface area is 230 Å². The lowest BCUT2D eigenvalue weighted by atomic mass is 9.95. The number of hydrogen-bond acceptors (Lipinski definition) is 8. The summed E-state index contributed by atoms with van der Waals surface area (Å²) in [6.45, 7) is 5.22. The summed E-state index contributed by atoms with van der Waals surface area (Å²) in [7, 11) is 0. The summed E-state index contributed by atoms with van der Waals surface area (Å²) in [5, 5.41) is 15.0. The molecule has 3 N–H and O–H groups in total. The van der Waals surface area contributed by atoms with Crippen molar-refractivity contribution in [1.82, 2.24) is 20.6 Å². The van der Waals surface area contributed by atoms with Crippen LogP contribution in [0.15, 0.2) is 59.6 Å². The summed E-state index contributed by atoms with van der Waals surface area (Å²) in [5.41, 5.74) is 4.67. The normalized spacial score (nSPS) is 17.1. The van der Waals surface area contributed by atoms with Gasteiger partial charge in [-0.1, -0.05) is 35.9 Å². The summed E-state index contributed by atoms with van der Waals surface area (Å²) in [6, 6.07) is 15.2. The Bertz CT molecular complexity index is 1450. The van der Waals surface area contributed by atoms with Gasteiger partial charge < -0.3 is 15.3 Å². The molecule has 9 nitrogen and oxygen atoms in total. The lowest BCUT2D eigenvalue weighted by Gasteiger charge is -2.32. The van der Waals surface area contributed by atoms with Gasteiger partial charge in [-0.05, 0) is 85.0 Å². The number of nitrogens with one attached hydrogen (secondary N) is 2. The fourth-order valence-electron chi connectivity index (χ4n) is 4.84. The third kappa shape index (κ3) is 6.52. The second-order valence-electron chi connectivity index (χ2n) is 9.75. The highest BCUT2D eigenvalue weighted by molar-refractivity contribution is 8.18. The van der Waals surface area contributed by atoms with Crippen LogP contribution in [0.4, 0.5) is 10.7 Å². The molecule has 2 amide bonds. The molecule has 0 bridgehead atoms. The number of benzene rings is 2. The number of piperidine rings is 1. The summed E-state index contributed by atoms with van der Waals surface area (Å²) in [6.07, 6.45) is 5.29. The number of hydrogen-bond donors (Lipinski definition) is 3. The van der Waals surface area contributed by atoms with Crippen LogP contribution < -0.4 is 15.5 Å². The van der Waals surface area contributed by atoms with Crippen LogP contribution in [0.2, 0.25) is 0 Å². The number of carbonyl (C=O) groups is 3. The molecule has 2 aliphatic heterocycles. The molecular weight excluding hydrogens is 514 g/mol. The Balaban J connectivity index is 1.14. The van der Waals surface area contributed by atoms with E-state index in [-0.39, 0.29) is 5.24 Å². The molecule has 5 rings (SSSR count). The van der Waals surface area contributed by atoms with Crippen molar-refractivity contribution in [2.45, 2.75) is 26.3 Å². The zero-order valence-electron chi connectivity index (χ0n) is 21.5. The van der Waals surface area contributed by atoms with Gasteiger partial charge in [0.1, 0.15) is 0 Å². The smallest absolute Gasteiger partial charge is 0.336 e. The van der Waals surface area contributed by atoms with E-state index in [0.29, 0.717) is 34.6 Å². The quantitative estimate of drug-likeness (QED) is 0.353. The predicted octanol–water partition coefficient (Wildman–Crippen LogP) is 4.48. The highest BCUT2D eigenvalue weighted by Gasteiger charge is 2.26. The Morgan fingerprint density at radius 2 is 2.00 bits per heavy atom. The summed E-state index contributed by atoms with van der Waals surface area (Å²) in [4.78, 5) is 46.4. The molecule has 200 valence electrons. The molecule has 0 spiro atoms. The molecular formula is C29H29N5O4S. The van der Waals surface area contributed by atoms with E-state index < -0.39 is 11.9 Å². The molecule has 0 radical (unpaired) electrons. The van der Waals surface area contributed by atoms with Crippen LogP contribution >= 0.6 is 11.8 Å². The van der Waals surface area contributed by atoms with E-state index >= 15 is 0 Å². The average Bonchev–Trinajstić information content (AvgIpc) is 3.25. The SMILES string of the molecule is Cc1ccc(C(=O)O)c(-c2cccc(CNCC3CCN(c4nccc(/C=C5\SC(=O)NC5=O)n4)CC3)c2)c1. The second-order valence-corrected chi connectivity index (χ2v) is 10.8. The fraction of sp³-hybridized carbons (Fsp3) is 0.276. The molecule has 0 unspecified atom stereocenters. The number of rotatable bonds is 8. The first-order chi connectivity index (χ1) is 18.9. The zero-order chi connectivity index (χ0) is 27.4. The van der Waals surface area contributed by atoms with Crippen molar-refractivity contribution < 1.29 is 19.5 Å². The van der Waals surface area contributed by atoms with Crippen molar-refractivity contribution in [3.63, 3.8) is 0 Å². The molecule has 2 fully saturated rings. The number of aromatic nitrogens is 2. The second kappa shape index (κ2) is 11.8. The Morgan fingerprint density at radius 3 is 2.74 bits per heavy atom. The van der Waals surface area contributed by atoms with E-state index in [2.05, 4.69) is 37.6 Å². The van der Waals surface area contributed by atoms with Gasteiger partial charge in [0.25, 0.3) is 11.1 Å². The Morgan fingerprint density at radius 1 is 1.18 bits per heavy atom. The maximum Gasteiger partial charge on any atom is 0.336 e. The van der Waals surface area contributed by atoms with E-state index in [1.54, 1.807) is 24.4 Å². The van der Waals surface area contributed by atoms with Crippen LogP contribution in [0, 0.1) is 12.8 Å². The van der Waals surface area contributed by atoms with Gasteiger partial charge >= 0.3 is 5.97 Å². The van der Waals surface area contributed by atoms with Gasteiger partial charge in [-0.2, -0.15) is 0 Å². The number of carboxylic acids is 1. The van der Waals surface area contributed by atoms with E-state index in [1.165, 1.54) is 0 Å².